The van der Waals surface area contributed by atoms with Crippen LogP contribution in [-0.4, -0.2) is 71.0 Å². The number of ether oxygens (including phenoxy) is 1. The fourth-order valence-electron chi connectivity index (χ4n) is 6.04. The van der Waals surface area contributed by atoms with Crippen LogP contribution in [0.2, 0.25) is 10.0 Å². The van der Waals surface area contributed by atoms with E-state index in [-0.39, 0.29) is 53.7 Å². The normalized spacial score (nSPS) is 18.2. The number of carbonyl (C=O) groups is 2. The van der Waals surface area contributed by atoms with Gasteiger partial charge in [0.05, 0.1) is 18.0 Å². The van der Waals surface area contributed by atoms with Gasteiger partial charge in [-0.1, -0.05) is 36.2 Å². The van der Waals surface area contributed by atoms with Crippen LogP contribution < -0.4 is 20.4 Å². The molecule has 1 fully saturated rings. The molecule has 4 rings (SSSR count). The van der Waals surface area contributed by atoms with Crippen LogP contribution in [0.3, 0.4) is 0 Å². The molecule has 0 aliphatic carbocycles. The third kappa shape index (κ3) is 7.15. The van der Waals surface area contributed by atoms with Crippen molar-refractivity contribution in [1.82, 2.24) is 14.8 Å². The van der Waals surface area contributed by atoms with E-state index in [1.165, 1.54) is 12.1 Å². The lowest BCUT2D eigenvalue weighted by Gasteiger charge is -2.47. The quantitative estimate of drug-likeness (QED) is 0.280. The van der Waals surface area contributed by atoms with Gasteiger partial charge in [0.2, 0.25) is 5.43 Å². The van der Waals surface area contributed by atoms with Gasteiger partial charge in [-0.25, -0.2) is 4.39 Å². The topological polar surface area (TPSA) is 104 Å². The van der Waals surface area contributed by atoms with Crippen LogP contribution in [-0.2, 0) is 17.9 Å². The van der Waals surface area contributed by atoms with Crippen LogP contribution in [0.4, 0.5) is 23.2 Å². The average molecular weight is 676 g/mol. The van der Waals surface area contributed by atoms with Gasteiger partial charge in [0, 0.05) is 48.0 Å². The van der Waals surface area contributed by atoms with Crippen LogP contribution in [0.15, 0.2) is 35.3 Å². The monoisotopic (exact) mass is 674 g/mol. The van der Waals surface area contributed by atoms with Gasteiger partial charge in [0.25, 0.3) is 5.91 Å². The highest BCUT2D eigenvalue weighted by Gasteiger charge is 2.39. The van der Waals surface area contributed by atoms with Gasteiger partial charge < -0.3 is 24.6 Å². The zero-order chi connectivity index (χ0) is 33.4. The Kier molecular flexibility index (Phi) is 10.2. The van der Waals surface area contributed by atoms with E-state index in [1.54, 1.807) is 31.7 Å². The maximum Gasteiger partial charge on any atom is 0.406 e. The number of aliphatic carboxylic acids is 1. The summed E-state index contributed by atoms with van der Waals surface area (Å²) in [5, 5.41) is 12.3. The van der Waals surface area contributed by atoms with E-state index in [2.05, 4.69) is 5.32 Å². The Hall–Kier alpha value is -3.55. The molecule has 0 spiro atoms. The van der Waals surface area contributed by atoms with Crippen LogP contribution in [0, 0.1) is 5.82 Å². The molecule has 2 heterocycles. The lowest BCUT2D eigenvalue weighted by atomic mass is 10.0. The first-order valence-corrected chi connectivity index (χ1v) is 14.8. The summed E-state index contributed by atoms with van der Waals surface area (Å²) in [6, 6.07) is 3.78. The van der Waals surface area contributed by atoms with Gasteiger partial charge in [0.1, 0.15) is 23.8 Å². The first-order valence-electron chi connectivity index (χ1n) is 14.1. The number of hydrogen-bond donors (Lipinski definition) is 2. The summed E-state index contributed by atoms with van der Waals surface area (Å²) < 4.78 is 63.6. The fraction of sp³-hybridized carbons (Fsp3) is 0.433. The molecule has 1 aromatic heterocycles. The van der Waals surface area contributed by atoms with Crippen molar-refractivity contribution in [3.8, 4) is 5.75 Å². The van der Waals surface area contributed by atoms with Gasteiger partial charge >= 0.3 is 12.1 Å². The molecule has 45 heavy (non-hydrogen) atoms. The minimum atomic E-state index is -4.78. The van der Waals surface area contributed by atoms with Crippen molar-refractivity contribution in [3.05, 3.63) is 67.7 Å². The third-order valence-electron chi connectivity index (χ3n) is 7.83. The van der Waals surface area contributed by atoms with E-state index < -0.39 is 52.8 Å². The highest BCUT2D eigenvalue weighted by molar-refractivity contribution is 6.35. The number of carboxylic acids is 1. The molecular formula is C30H32Cl2F4N4O5. The molecule has 0 bridgehead atoms. The van der Waals surface area contributed by atoms with Crippen LogP contribution in [0.1, 0.15) is 43.1 Å². The number of carboxylic acid groups (broad SMARTS) is 1. The van der Waals surface area contributed by atoms with E-state index in [0.29, 0.717) is 21.6 Å². The SMILES string of the molecule is CCC(C(=O)O)N1C(C)CN(c2c(F)cc3c(=O)c(C(=O)NCc4ccc(Cl)cc4Cl)cn(CC(F)(F)F)c3c2OC)CC1C. The van der Waals surface area contributed by atoms with Crippen molar-refractivity contribution >= 4 is 51.7 Å². The Balaban J connectivity index is 1.81. The number of amides is 1. The molecule has 2 aromatic carbocycles. The number of methoxy groups -OCH3 is 1. The van der Waals surface area contributed by atoms with Gasteiger partial charge in [-0.05, 0) is 44.0 Å². The number of fused-ring (bicyclic) bond motifs is 1. The summed E-state index contributed by atoms with van der Waals surface area (Å²) in [4.78, 5) is 41.9. The molecule has 9 nitrogen and oxygen atoms in total. The Bertz CT molecular complexity index is 1670. The number of pyridine rings is 1. The van der Waals surface area contributed by atoms with Crippen molar-refractivity contribution in [2.24, 2.45) is 0 Å². The molecule has 15 heteroatoms. The smallest absolute Gasteiger partial charge is 0.406 e. The molecule has 1 aliphatic heterocycles. The number of piperazine rings is 1. The largest absolute Gasteiger partial charge is 0.492 e. The van der Waals surface area contributed by atoms with Crippen LogP contribution in [0.25, 0.3) is 10.9 Å². The second kappa shape index (κ2) is 13.4. The zero-order valence-corrected chi connectivity index (χ0v) is 26.4. The number of carbonyl (C=O) groups excluding carboxylic acids is 1. The van der Waals surface area contributed by atoms with Gasteiger partial charge in [-0.3, -0.25) is 19.3 Å². The number of nitrogens with one attached hydrogen (secondary N) is 1. The summed E-state index contributed by atoms with van der Waals surface area (Å²) in [5.74, 6) is -3.25. The second-order valence-corrected chi connectivity index (χ2v) is 11.8. The van der Waals surface area contributed by atoms with Crippen molar-refractivity contribution < 1.29 is 37.0 Å². The second-order valence-electron chi connectivity index (χ2n) is 11.0. The number of benzene rings is 2. The Morgan fingerprint density at radius 1 is 1.16 bits per heavy atom. The maximum absolute atomic E-state index is 16.0. The van der Waals surface area contributed by atoms with Crippen LogP contribution in [0.5, 0.6) is 5.75 Å². The first-order chi connectivity index (χ1) is 21.1. The first kappa shape index (κ1) is 34.3. The summed E-state index contributed by atoms with van der Waals surface area (Å²) in [6.45, 7) is 3.80. The van der Waals surface area contributed by atoms with Gasteiger partial charge in [0.15, 0.2) is 11.6 Å². The summed E-state index contributed by atoms with van der Waals surface area (Å²) in [6.07, 6.45) is -3.67. The molecular weight excluding hydrogens is 643 g/mol. The van der Waals surface area contributed by atoms with E-state index in [1.807, 2.05) is 4.90 Å². The lowest BCUT2D eigenvalue weighted by Crippen LogP contribution is -2.61. The van der Waals surface area contributed by atoms with E-state index in [0.717, 1.165) is 19.4 Å². The predicted octanol–water partition coefficient (Wildman–Crippen LogP) is 5.71. The molecule has 3 atom stereocenters. The number of rotatable bonds is 9. The number of halogens is 6. The standard InChI is InChI=1S/C30H32Cl2F4N4O5/c1-5-23(29(43)44)40-15(2)11-38(12-16(40)3)25-22(33)9-19-24(27(25)45-4)39(14-30(34,35)36)13-20(26(19)41)28(42)37-10-17-6-7-18(31)8-21(17)32/h6-9,13,15-16,23H,5,10-12,14H2,1-4H3,(H,37,42)(H,43,44). The molecule has 1 saturated heterocycles. The summed E-state index contributed by atoms with van der Waals surface area (Å²) >= 11 is 12.0. The Labute approximate surface area is 266 Å². The van der Waals surface area contributed by atoms with Crippen molar-refractivity contribution in [2.45, 2.75) is 64.6 Å². The molecule has 2 N–H and O–H groups in total. The van der Waals surface area contributed by atoms with Crippen molar-refractivity contribution in [1.29, 1.82) is 0 Å². The molecule has 1 amide bonds. The number of anilines is 1. The van der Waals surface area contributed by atoms with E-state index in [4.69, 9.17) is 27.9 Å². The highest BCUT2D eigenvalue weighted by atomic mass is 35.5. The maximum atomic E-state index is 16.0. The third-order valence-corrected chi connectivity index (χ3v) is 8.42. The van der Waals surface area contributed by atoms with Crippen molar-refractivity contribution in [3.63, 3.8) is 0 Å². The minimum absolute atomic E-state index is 0.129. The zero-order valence-electron chi connectivity index (χ0n) is 24.8. The fourth-order valence-corrected chi connectivity index (χ4v) is 6.51. The van der Waals surface area contributed by atoms with E-state index >= 15 is 4.39 Å². The molecule has 0 saturated carbocycles. The van der Waals surface area contributed by atoms with Gasteiger partial charge in [-0.2, -0.15) is 13.2 Å². The number of nitrogens with zero attached hydrogens (tertiary/aromatic N) is 3. The van der Waals surface area contributed by atoms with Crippen molar-refractivity contribution in [2.75, 3.05) is 25.1 Å². The molecule has 0 radical (unpaired) electrons. The predicted molar refractivity (Wildman–Crippen MR) is 163 cm³/mol. The molecule has 3 aromatic rings. The Morgan fingerprint density at radius 3 is 2.33 bits per heavy atom. The lowest BCUT2D eigenvalue weighted by molar-refractivity contribution is -0.146. The Morgan fingerprint density at radius 2 is 1.80 bits per heavy atom. The molecule has 1 aliphatic rings. The minimum Gasteiger partial charge on any atom is -0.492 e. The number of alkyl halides is 3. The molecule has 3 unspecified atom stereocenters. The summed E-state index contributed by atoms with van der Waals surface area (Å²) in [5.41, 5.74) is -1.70. The summed E-state index contributed by atoms with van der Waals surface area (Å²) in [7, 11) is 1.15. The average Bonchev–Trinajstić information content (AvgIpc) is 2.94. The number of aromatic nitrogens is 1. The van der Waals surface area contributed by atoms with Gasteiger partial charge in [-0.15, -0.1) is 0 Å². The highest BCUT2D eigenvalue weighted by Crippen LogP contribution is 2.40. The number of hydrogen-bond acceptors (Lipinski definition) is 6. The van der Waals surface area contributed by atoms with E-state index in [9.17, 15) is 32.7 Å². The van der Waals surface area contributed by atoms with Crippen LogP contribution >= 0.6 is 23.2 Å². The molecule has 244 valence electrons.